The van der Waals surface area contributed by atoms with E-state index in [0.29, 0.717) is 6.42 Å². The molecule has 0 aromatic rings. The summed E-state index contributed by atoms with van der Waals surface area (Å²) in [5.74, 6) is -0.149. The predicted molar refractivity (Wildman–Crippen MR) is 39.8 cm³/mol. The van der Waals surface area contributed by atoms with Crippen molar-refractivity contribution in [2.75, 3.05) is 20.2 Å². The van der Waals surface area contributed by atoms with Crippen LogP contribution in [0.4, 0.5) is 0 Å². The molecule has 0 spiro atoms. The number of ether oxygens (including phenoxy) is 1. The maximum atomic E-state index is 10.5. The van der Waals surface area contributed by atoms with E-state index in [4.69, 9.17) is 0 Å². The second kappa shape index (κ2) is 6.55. The first kappa shape index (κ1) is 9.43. The summed E-state index contributed by atoms with van der Waals surface area (Å²) in [7, 11) is 1.40. The van der Waals surface area contributed by atoms with Crippen molar-refractivity contribution < 1.29 is 9.53 Å². The number of carbonyl (C=O) groups is 1. The van der Waals surface area contributed by atoms with Crippen LogP contribution in [0.25, 0.3) is 0 Å². The number of nitrogens with one attached hydrogen (secondary N) is 1. The minimum Gasteiger partial charge on any atom is -0.469 e. The summed E-state index contributed by atoms with van der Waals surface area (Å²) in [6, 6.07) is 0. The highest BCUT2D eigenvalue weighted by atomic mass is 16.5. The first-order valence-corrected chi connectivity index (χ1v) is 3.58. The van der Waals surface area contributed by atoms with Gasteiger partial charge in [-0.3, -0.25) is 4.79 Å². The predicted octanol–water partition coefficient (Wildman–Crippen LogP) is 0.549. The van der Waals surface area contributed by atoms with Gasteiger partial charge in [-0.2, -0.15) is 0 Å². The van der Waals surface area contributed by atoms with Crippen LogP contribution in [0.3, 0.4) is 0 Å². The van der Waals surface area contributed by atoms with Crippen LogP contribution in [0, 0.1) is 0 Å². The third-order valence-corrected chi connectivity index (χ3v) is 1.16. The molecule has 0 radical (unpaired) electrons. The molecule has 60 valence electrons. The fourth-order valence-corrected chi connectivity index (χ4v) is 0.594. The molecule has 0 atom stereocenters. The quantitative estimate of drug-likeness (QED) is 0.453. The zero-order chi connectivity index (χ0) is 7.82. The second-order valence-corrected chi connectivity index (χ2v) is 2.08. The Morgan fingerprint density at radius 2 is 2.20 bits per heavy atom. The highest BCUT2D eigenvalue weighted by Crippen LogP contribution is 1.80. The third-order valence-electron chi connectivity index (χ3n) is 1.16. The number of methoxy groups -OCH3 is 1. The molecule has 0 aromatic carbocycles. The van der Waals surface area contributed by atoms with Crippen LogP contribution in [0.2, 0.25) is 0 Å². The largest absolute Gasteiger partial charge is 0.469 e. The lowest BCUT2D eigenvalue weighted by molar-refractivity contribution is -0.140. The topological polar surface area (TPSA) is 38.3 Å². The molecule has 0 unspecified atom stereocenters. The molecule has 3 nitrogen and oxygen atoms in total. The molecule has 0 aliphatic rings. The zero-order valence-corrected chi connectivity index (χ0v) is 6.64. The number of hydrogen-bond acceptors (Lipinski definition) is 3. The lowest BCUT2D eigenvalue weighted by Gasteiger charge is -2.00. The molecule has 0 rings (SSSR count). The van der Waals surface area contributed by atoms with Crippen molar-refractivity contribution >= 4 is 5.97 Å². The van der Waals surface area contributed by atoms with Crippen LogP contribution in [0.1, 0.15) is 19.8 Å². The van der Waals surface area contributed by atoms with Gasteiger partial charge in [-0.05, 0) is 13.0 Å². The van der Waals surface area contributed by atoms with E-state index in [1.165, 1.54) is 7.11 Å². The van der Waals surface area contributed by atoms with Crippen LogP contribution in [0.5, 0.6) is 0 Å². The molecular weight excluding hydrogens is 130 g/mol. The second-order valence-electron chi connectivity index (χ2n) is 2.08. The SMILES string of the molecule is CCCNCCC(=O)OC. The maximum absolute atomic E-state index is 10.5. The van der Waals surface area contributed by atoms with Gasteiger partial charge < -0.3 is 10.1 Å². The van der Waals surface area contributed by atoms with Gasteiger partial charge in [0.2, 0.25) is 0 Å². The minimum absolute atomic E-state index is 0.149. The first-order valence-electron chi connectivity index (χ1n) is 3.58. The lowest BCUT2D eigenvalue weighted by Crippen LogP contribution is -2.19. The summed E-state index contributed by atoms with van der Waals surface area (Å²) >= 11 is 0. The fraction of sp³-hybridized carbons (Fsp3) is 0.857. The monoisotopic (exact) mass is 145 g/mol. The van der Waals surface area contributed by atoms with E-state index >= 15 is 0 Å². The van der Waals surface area contributed by atoms with E-state index in [1.807, 2.05) is 0 Å². The molecule has 0 saturated carbocycles. The number of rotatable bonds is 5. The number of esters is 1. The minimum atomic E-state index is -0.149. The standard InChI is InChI=1S/C7H15NO2/c1-3-5-8-6-4-7(9)10-2/h8H,3-6H2,1-2H3. The number of hydrogen-bond donors (Lipinski definition) is 1. The summed E-state index contributed by atoms with van der Waals surface area (Å²) in [6.07, 6.45) is 1.57. The Morgan fingerprint density at radius 1 is 1.50 bits per heavy atom. The summed E-state index contributed by atoms with van der Waals surface area (Å²) < 4.78 is 4.45. The van der Waals surface area contributed by atoms with Crippen molar-refractivity contribution in [3.63, 3.8) is 0 Å². The Labute approximate surface area is 61.8 Å². The van der Waals surface area contributed by atoms with Gasteiger partial charge in [0.05, 0.1) is 13.5 Å². The van der Waals surface area contributed by atoms with E-state index in [9.17, 15) is 4.79 Å². The molecule has 0 saturated heterocycles. The molecule has 1 N–H and O–H groups in total. The molecule has 0 aliphatic heterocycles. The fourth-order valence-electron chi connectivity index (χ4n) is 0.594. The molecule has 0 aliphatic carbocycles. The van der Waals surface area contributed by atoms with Crippen LogP contribution < -0.4 is 5.32 Å². The van der Waals surface area contributed by atoms with Crippen LogP contribution in [0.15, 0.2) is 0 Å². The van der Waals surface area contributed by atoms with Crippen molar-refractivity contribution in [2.24, 2.45) is 0 Å². The van der Waals surface area contributed by atoms with E-state index in [-0.39, 0.29) is 5.97 Å². The van der Waals surface area contributed by atoms with Crippen molar-refractivity contribution in [1.29, 1.82) is 0 Å². The Balaban J connectivity index is 2.96. The van der Waals surface area contributed by atoms with E-state index in [2.05, 4.69) is 17.0 Å². The van der Waals surface area contributed by atoms with Gasteiger partial charge in [0.1, 0.15) is 0 Å². The van der Waals surface area contributed by atoms with E-state index < -0.39 is 0 Å². The van der Waals surface area contributed by atoms with Crippen LogP contribution >= 0.6 is 0 Å². The van der Waals surface area contributed by atoms with Crippen LogP contribution in [-0.4, -0.2) is 26.2 Å². The van der Waals surface area contributed by atoms with E-state index in [1.54, 1.807) is 0 Å². The lowest BCUT2D eigenvalue weighted by atomic mass is 10.4. The van der Waals surface area contributed by atoms with Crippen molar-refractivity contribution in [3.8, 4) is 0 Å². The van der Waals surface area contributed by atoms with Crippen LogP contribution in [-0.2, 0) is 9.53 Å². The maximum Gasteiger partial charge on any atom is 0.306 e. The molecular formula is C7H15NO2. The zero-order valence-electron chi connectivity index (χ0n) is 6.64. The molecule has 0 heterocycles. The molecule has 10 heavy (non-hydrogen) atoms. The Bertz CT molecular complexity index is 93.6. The average Bonchev–Trinajstić information content (AvgIpc) is 1.98. The molecule has 3 heteroatoms. The van der Waals surface area contributed by atoms with E-state index in [0.717, 1.165) is 19.5 Å². The highest BCUT2D eigenvalue weighted by Gasteiger charge is 1.96. The van der Waals surface area contributed by atoms with Crippen molar-refractivity contribution in [3.05, 3.63) is 0 Å². The summed E-state index contributed by atoms with van der Waals surface area (Å²) in [5, 5.41) is 3.10. The van der Waals surface area contributed by atoms with Crippen molar-refractivity contribution in [2.45, 2.75) is 19.8 Å². The Hall–Kier alpha value is -0.570. The van der Waals surface area contributed by atoms with Gasteiger partial charge >= 0.3 is 5.97 Å². The Kier molecular flexibility index (Phi) is 6.18. The van der Waals surface area contributed by atoms with Gasteiger partial charge in [0.25, 0.3) is 0 Å². The van der Waals surface area contributed by atoms with Crippen molar-refractivity contribution in [1.82, 2.24) is 5.32 Å². The average molecular weight is 145 g/mol. The smallest absolute Gasteiger partial charge is 0.306 e. The normalized spacial score (nSPS) is 9.40. The van der Waals surface area contributed by atoms with Gasteiger partial charge in [-0.15, -0.1) is 0 Å². The summed E-state index contributed by atoms with van der Waals surface area (Å²) in [4.78, 5) is 10.5. The molecule has 0 fully saturated rings. The first-order chi connectivity index (χ1) is 4.81. The van der Waals surface area contributed by atoms with Gasteiger partial charge in [0, 0.05) is 6.54 Å². The Morgan fingerprint density at radius 3 is 2.70 bits per heavy atom. The third kappa shape index (κ3) is 5.56. The summed E-state index contributed by atoms with van der Waals surface area (Å²) in [5.41, 5.74) is 0. The molecule has 0 amide bonds. The van der Waals surface area contributed by atoms with Gasteiger partial charge in [-0.25, -0.2) is 0 Å². The molecule has 0 bridgehead atoms. The highest BCUT2D eigenvalue weighted by molar-refractivity contribution is 5.69. The number of carbonyl (C=O) groups excluding carboxylic acids is 1. The van der Waals surface area contributed by atoms with Gasteiger partial charge in [-0.1, -0.05) is 6.92 Å². The summed E-state index contributed by atoms with van der Waals surface area (Å²) in [6.45, 7) is 3.78. The molecule has 0 aromatic heterocycles. The van der Waals surface area contributed by atoms with Gasteiger partial charge in [0.15, 0.2) is 0 Å².